The van der Waals surface area contributed by atoms with E-state index in [1.807, 2.05) is 0 Å². The summed E-state index contributed by atoms with van der Waals surface area (Å²) in [5.74, 6) is 1.06. The van der Waals surface area contributed by atoms with Crippen LogP contribution in [0.5, 0.6) is 0 Å². The maximum Gasteiger partial charge on any atom is 0.244 e. The third-order valence-corrected chi connectivity index (χ3v) is 5.39. The molecule has 2 aliphatic carbocycles. The van der Waals surface area contributed by atoms with Gasteiger partial charge in [-0.2, -0.15) is 4.68 Å². The lowest BCUT2D eigenvalue weighted by Crippen LogP contribution is -2.52. The van der Waals surface area contributed by atoms with Crippen molar-refractivity contribution in [2.45, 2.75) is 56.4 Å². The predicted molar refractivity (Wildman–Crippen MR) is 102 cm³/mol. The zero-order chi connectivity index (χ0) is 17.4. The van der Waals surface area contributed by atoms with Crippen molar-refractivity contribution in [2.75, 3.05) is 5.32 Å². The van der Waals surface area contributed by atoms with Crippen molar-refractivity contribution < 1.29 is 4.79 Å². The summed E-state index contributed by atoms with van der Waals surface area (Å²) in [6, 6.07) is 5.32. The maximum atomic E-state index is 12.6. The molecule has 0 spiro atoms. The molecule has 0 bridgehead atoms. The molecule has 2 aliphatic rings. The number of halogens is 2. The number of carbonyl (C=O) groups excluding carboxylic acids is 1. The van der Waals surface area contributed by atoms with Crippen molar-refractivity contribution in [1.29, 1.82) is 0 Å². The van der Waals surface area contributed by atoms with Crippen molar-refractivity contribution in [1.82, 2.24) is 20.2 Å². The third-order valence-electron chi connectivity index (χ3n) is 5.07. The van der Waals surface area contributed by atoms with E-state index in [9.17, 15) is 4.79 Å². The topological polar surface area (TPSA) is 98.7 Å². The fraction of sp³-hybridized carbons (Fsp3) is 0.529. The van der Waals surface area contributed by atoms with E-state index in [1.165, 1.54) is 0 Å². The summed E-state index contributed by atoms with van der Waals surface area (Å²) < 4.78 is 1.66. The Labute approximate surface area is 163 Å². The molecule has 0 atom stereocenters. The second-order valence-electron chi connectivity index (χ2n) is 7.06. The molecule has 2 fully saturated rings. The number of hydrogen-bond donors (Lipinski definition) is 2. The maximum absolute atomic E-state index is 12.6. The van der Waals surface area contributed by atoms with E-state index in [1.54, 1.807) is 22.9 Å². The molecular formula is C17H22Cl2N6O. The number of aromatic nitrogens is 4. The second kappa shape index (κ2) is 7.50. The number of nitrogens with one attached hydrogen (secondary N) is 1. The van der Waals surface area contributed by atoms with Gasteiger partial charge < -0.3 is 11.1 Å². The number of tetrazole rings is 1. The van der Waals surface area contributed by atoms with Gasteiger partial charge in [-0.3, -0.25) is 4.79 Å². The van der Waals surface area contributed by atoms with Crippen LogP contribution in [-0.4, -0.2) is 31.7 Å². The van der Waals surface area contributed by atoms with E-state index in [0.717, 1.165) is 50.8 Å². The predicted octanol–water partition coefficient (Wildman–Crippen LogP) is 3.22. The van der Waals surface area contributed by atoms with E-state index in [2.05, 4.69) is 20.8 Å². The van der Waals surface area contributed by atoms with E-state index < -0.39 is 5.54 Å². The Morgan fingerprint density at radius 1 is 1.27 bits per heavy atom. The Hall–Kier alpha value is -1.70. The minimum atomic E-state index is -0.786. The highest BCUT2D eigenvalue weighted by Crippen LogP contribution is 2.40. The van der Waals surface area contributed by atoms with Crippen LogP contribution in [0, 0.1) is 0 Å². The first-order valence-corrected chi connectivity index (χ1v) is 9.13. The molecule has 0 saturated heterocycles. The number of benzene rings is 1. The number of hydrogen-bond acceptors (Lipinski definition) is 5. The van der Waals surface area contributed by atoms with Crippen LogP contribution in [0.2, 0.25) is 5.02 Å². The Morgan fingerprint density at radius 3 is 2.69 bits per heavy atom. The van der Waals surface area contributed by atoms with Crippen molar-refractivity contribution in [3.63, 3.8) is 0 Å². The summed E-state index contributed by atoms with van der Waals surface area (Å²) in [5.41, 5.74) is 6.84. The fourth-order valence-corrected chi connectivity index (χ4v) is 3.58. The average molecular weight is 397 g/mol. The van der Waals surface area contributed by atoms with Gasteiger partial charge in [0.25, 0.3) is 0 Å². The van der Waals surface area contributed by atoms with Crippen LogP contribution < -0.4 is 11.1 Å². The molecule has 140 valence electrons. The van der Waals surface area contributed by atoms with Gasteiger partial charge in [0.15, 0.2) is 5.82 Å². The summed E-state index contributed by atoms with van der Waals surface area (Å²) >= 11 is 6.34. The number of anilines is 1. The quantitative estimate of drug-likeness (QED) is 0.826. The zero-order valence-electron chi connectivity index (χ0n) is 14.3. The highest BCUT2D eigenvalue weighted by Gasteiger charge is 2.35. The van der Waals surface area contributed by atoms with E-state index in [0.29, 0.717) is 22.3 Å². The van der Waals surface area contributed by atoms with E-state index in [4.69, 9.17) is 17.3 Å². The highest BCUT2D eigenvalue weighted by molar-refractivity contribution is 6.32. The van der Waals surface area contributed by atoms with Gasteiger partial charge in [0, 0.05) is 11.6 Å². The lowest BCUT2D eigenvalue weighted by molar-refractivity contribution is -0.122. The number of carbonyl (C=O) groups is 1. The zero-order valence-corrected chi connectivity index (χ0v) is 15.9. The molecule has 0 aliphatic heterocycles. The van der Waals surface area contributed by atoms with E-state index >= 15 is 0 Å². The average Bonchev–Trinajstić information content (AvgIpc) is 3.34. The lowest BCUT2D eigenvalue weighted by Gasteiger charge is -2.31. The Bertz CT molecular complexity index is 798. The van der Waals surface area contributed by atoms with Gasteiger partial charge in [0.05, 0.1) is 16.2 Å². The molecule has 0 unspecified atom stereocenters. The van der Waals surface area contributed by atoms with Gasteiger partial charge in [-0.1, -0.05) is 30.9 Å². The molecule has 2 saturated carbocycles. The minimum absolute atomic E-state index is 0. The second-order valence-corrected chi connectivity index (χ2v) is 7.47. The molecule has 2 aromatic rings. The van der Waals surface area contributed by atoms with Crippen molar-refractivity contribution in [3.8, 4) is 5.69 Å². The Balaban J connectivity index is 0.00000196. The Morgan fingerprint density at radius 2 is 2.00 bits per heavy atom. The molecule has 1 heterocycles. The number of rotatable bonds is 4. The first kappa shape index (κ1) is 19.1. The normalized spacial score (nSPS) is 18.8. The smallest absolute Gasteiger partial charge is 0.244 e. The van der Waals surface area contributed by atoms with Crippen LogP contribution in [0.25, 0.3) is 5.69 Å². The standard InChI is InChI=1S/C17H21ClN6O.ClH/c18-13-7-6-12(20-16(25)17(19)8-2-1-3-9-17)10-14(13)24-15(11-4-5-11)21-22-23-24;/h6-7,10-11H,1-5,8-9,19H2,(H,20,25);1H. The van der Waals surface area contributed by atoms with Gasteiger partial charge in [0.1, 0.15) is 0 Å². The van der Waals surface area contributed by atoms with Crippen LogP contribution >= 0.6 is 24.0 Å². The first-order chi connectivity index (χ1) is 12.1. The minimum Gasteiger partial charge on any atom is -0.324 e. The molecule has 4 rings (SSSR count). The summed E-state index contributed by atoms with van der Waals surface area (Å²) in [6.45, 7) is 0. The molecular weight excluding hydrogens is 375 g/mol. The van der Waals surface area contributed by atoms with Gasteiger partial charge in [0.2, 0.25) is 5.91 Å². The van der Waals surface area contributed by atoms with Crippen LogP contribution in [-0.2, 0) is 4.79 Å². The van der Waals surface area contributed by atoms with Crippen LogP contribution in [0.4, 0.5) is 5.69 Å². The molecule has 7 nitrogen and oxygen atoms in total. The molecule has 9 heteroatoms. The van der Waals surface area contributed by atoms with Gasteiger partial charge in [-0.25, -0.2) is 0 Å². The lowest BCUT2D eigenvalue weighted by atomic mass is 9.82. The fourth-order valence-electron chi connectivity index (χ4n) is 3.38. The monoisotopic (exact) mass is 396 g/mol. The van der Waals surface area contributed by atoms with Gasteiger partial charge in [-0.05, 0) is 54.3 Å². The number of amides is 1. The van der Waals surface area contributed by atoms with Crippen molar-refractivity contribution in [2.24, 2.45) is 5.73 Å². The third kappa shape index (κ3) is 3.70. The summed E-state index contributed by atoms with van der Waals surface area (Å²) in [5, 5.41) is 15.4. The van der Waals surface area contributed by atoms with Crippen LogP contribution in [0.3, 0.4) is 0 Å². The Kier molecular flexibility index (Phi) is 5.50. The summed E-state index contributed by atoms with van der Waals surface area (Å²) in [6.07, 6.45) is 6.74. The molecule has 0 radical (unpaired) electrons. The summed E-state index contributed by atoms with van der Waals surface area (Å²) in [4.78, 5) is 12.6. The molecule has 1 aromatic carbocycles. The van der Waals surface area contributed by atoms with E-state index in [-0.39, 0.29) is 18.3 Å². The largest absolute Gasteiger partial charge is 0.324 e. The van der Waals surface area contributed by atoms with Gasteiger partial charge in [-0.15, -0.1) is 17.5 Å². The number of nitrogens with two attached hydrogens (primary N) is 1. The SMILES string of the molecule is Cl.NC1(C(=O)Nc2ccc(Cl)c(-n3nnnc3C3CC3)c2)CCCCC1. The van der Waals surface area contributed by atoms with Crippen LogP contribution in [0.15, 0.2) is 18.2 Å². The first-order valence-electron chi connectivity index (χ1n) is 8.75. The molecule has 1 amide bonds. The van der Waals surface area contributed by atoms with Gasteiger partial charge >= 0.3 is 0 Å². The van der Waals surface area contributed by atoms with Crippen molar-refractivity contribution >= 4 is 35.6 Å². The summed E-state index contributed by atoms with van der Waals surface area (Å²) in [7, 11) is 0. The van der Waals surface area contributed by atoms with Crippen LogP contribution in [0.1, 0.15) is 56.7 Å². The molecule has 1 aromatic heterocycles. The highest BCUT2D eigenvalue weighted by atomic mass is 35.5. The molecule has 26 heavy (non-hydrogen) atoms. The number of nitrogens with zero attached hydrogens (tertiary/aromatic N) is 4. The molecule has 3 N–H and O–H groups in total. The van der Waals surface area contributed by atoms with Crippen molar-refractivity contribution in [3.05, 3.63) is 29.0 Å².